The van der Waals surface area contributed by atoms with Crippen LogP contribution in [-0.4, -0.2) is 19.2 Å². The number of hydrogen-bond donors (Lipinski definition) is 3. The molecule has 0 amide bonds. The topological polar surface area (TPSA) is 44.3 Å². The predicted molar refractivity (Wildman–Crippen MR) is 51.9 cm³/mol. The third-order valence-electron chi connectivity index (χ3n) is 1.79. The molecule has 0 saturated carbocycles. The van der Waals surface area contributed by atoms with Gasteiger partial charge in [0.2, 0.25) is 0 Å². The zero-order valence-corrected chi connectivity index (χ0v) is 7.60. The molecule has 0 saturated heterocycles. The molecular formula is C9H14N2O. The Hall–Kier alpha value is -1.38. The van der Waals surface area contributed by atoms with Crippen molar-refractivity contribution >= 4 is 11.4 Å². The first-order chi connectivity index (χ1) is 5.69. The van der Waals surface area contributed by atoms with E-state index in [0.29, 0.717) is 0 Å². The van der Waals surface area contributed by atoms with Crippen molar-refractivity contribution in [3.05, 3.63) is 17.7 Å². The Morgan fingerprint density at radius 3 is 1.83 bits per heavy atom. The molecule has 3 nitrogen and oxygen atoms in total. The van der Waals surface area contributed by atoms with Gasteiger partial charge in [-0.1, -0.05) is 0 Å². The van der Waals surface area contributed by atoms with E-state index in [1.54, 1.807) is 14.1 Å². The quantitative estimate of drug-likeness (QED) is 0.587. The monoisotopic (exact) mass is 166 g/mol. The van der Waals surface area contributed by atoms with Crippen LogP contribution in [0.2, 0.25) is 0 Å². The van der Waals surface area contributed by atoms with Gasteiger partial charge >= 0.3 is 0 Å². The summed E-state index contributed by atoms with van der Waals surface area (Å²) in [6, 6.07) is 3.80. The summed E-state index contributed by atoms with van der Waals surface area (Å²) in [7, 11) is 3.57. The van der Waals surface area contributed by atoms with E-state index in [4.69, 9.17) is 0 Å². The van der Waals surface area contributed by atoms with Crippen molar-refractivity contribution in [2.24, 2.45) is 0 Å². The number of anilines is 2. The number of rotatable bonds is 2. The maximum absolute atomic E-state index is 9.59. The van der Waals surface area contributed by atoms with Gasteiger partial charge in [0.1, 0.15) is 0 Å². The Balaban J connectivity index is 3.22. The van der Waals surface area contributed by atoms with Crippen molar-refractivity contribution in [2.45, 2.75) is 6.92 Å². The molecule has 3 heteroatoms. The fourth-order valence-electron chi connectivity index (χ4n) is 1.16. The second-order valence-corrected chi connectivity index (χ2v) is 2.71. The van der Waals surface area contributed by atoms with E-state index in [1.165, 1.54) is 0 Å². The van der Waals surface area contributed by atoms with Crippen LogP contribution in [0.3, 0.4) is 0 Å². The van der Waals surface area contributed by atoms with Gasteiger partial charge in [-0.3, -0.25) is 0 Å². The first-order valence-electron chi connectivity index (χ1n) is 3.88. The van der Waals surface area contributed by atoms with E-state index < -0.39 is 0 Å². The van der Waals surface area contributed by atoms with Gasteiger partial charge in [-0.2, -0.15) is 0 Å². The number of phenols is 1. The molecule has 0 radical (unpaired) electrons. The lowest BCUT2D eigenvalue weighted by atomic mass is 10.1. The molecule has 0 aliphatic rings. The van der Waals surface area contributed by atoms with Gasteiger partial charge < -0.3 is 15.7 Å². The third-order valence-corrected chi connectivity index (χ3v) is 1.79. The average molecular weight is 166 g/mol. The SMILES string of the molecule is CNc1cc(C)cc(NC)c1O. The Kier molecular flexibility index (Phi) is 2.43. The summed E-state index contributed by atoms with van der Waals surface area (Å²) in [5.41, 5.74) is 2.61. The van der Waals surface area contributed by atoms with Crippen molar-refractivity contribution < 1.29 is 5.11 Å². The Morgan fingerprint density at radius 2 is 1.50 bits per heavy atom. The minimum Gasteiger partial charge on any atom is -0.504 e. The summed E-state index contributed by atoms with van der Waals surface area (Å²) in [6.07, 6.45) is 0. The Morgan fingerprint density at radius 1 is 1.08 bits per heavy atom. The second-order valence-electron chi connectivity index (χ2n) is 2.71. The summed E-state index contributed by atoms with van der Waals surface area (Å²) in [5.74, 6) is 0.269. The molecule has 0 heterocycles. The maximum atomic E-state index is 9.59. The minimum atomic E-state index is 0.269. The highest BCUT2D eigenvalue weighted by Gasteiger charge is 2.04. The molecule has 3 N–H and O–H groups in total. The van der Waals surface area contributed by atoms with E-state index in [2.05, 4.69) is 10.6 Å². The molecule has 66 valence electrons. The molecule has 0 unspecified atom stereocenters. The molecule has 0 aliphatic heterocycles. The Labute approximate surface area is 72.4 Å². The van der Waals surface area contributed by atoms with Gasteiger partial charge in [-0.15, -0.1) is 0 Å². The van der Waals surface area contributed by atoms with Crippen LogP contribution >= 0.6 is 0 Å². The number of nitrogens with one attached hydrogen (secondary N) is 2. The van der Waals surface area contributed by atoms with Crippen LogP contribution in [0.25, 0.3) is 0 Å². The van der Waals surface area contributed by atoms with E-state index in [1.807, 2.05) is 19.1 Å². The Bertz CT molecular complexity index is 259. The molecule has 12 heavy (non-hydrogen) atoms. The molecule has 0 atom stereocenters. The van der Waals surface area contributed by atoms with Gasteiger partial charge in [0.25, 0.3) is 0 Å². The zero-order valence-electron chi connectivity index (χ0n) is 7.60. The number of aryl methyl sites for hydroxylation is 1. The fourth-order valence-corrected chi connectivity index (χ4v) is 1.16. The highest BCUT2D eigenvalue weighted by atomic mass is 16.3. The molecule has 1 rings (SSSR count). The van der Waals surface area contributed by atoms with Crippen LogP contribution in [0.15, 0.2) is 12.1 Å². The molecule has 1 aromatic carbocycles. The standard InChI is InChI=1S/C9H14N2O/c1-6-4-7(10-2)9(12)8(5-6)11-3/h4-5,10-12H,1-3H3. The van der Waals surface area contributed by atoms with Gasteiger partial charge in [-0.05, 0) is 24.6 Å². The van der Waals surface area contributed by atoms with Crippen molar-refractivity contribution in [1.29, 1.82) is 0 Å². The highest BCUT2D eigenvalue weighted by Crippen LogP contribution is 2.32. The third kappa shape index (κ3) is 1.44. The number of aromatic hydroxyl groups is 1. The second kappa shape index (κ2) is 3.34. The number of benzene rings is 1. The number of phenolic OH excluding ortho intramolecular Hbond substituents is 1. The molecule has 1 aromatic rings. The van der Waals surface area contributed by atoms with Gasteiger partial charge in [0, 0.05) is 14.1 Å². The molecule has 0 fully saturated rings. The molecule has 0 aliphatic carbocycles. The summed E-state index contributed by atoms with van der Waals surface area (Å²) >= 11 is 0. The van der Waals surface area contributed by atoms with Crippen molar-refractivity contribution in [2.75, 3.05) is 24.7 Å². The van der Waals surface area contributed by atoms with Crippen LogP contribution in [0, 0.1) is 6.92 Å². The summed E-state index contributed by atoms with van der Waals surface area (Å²) < 4.78 is 0. The van der Waals surface area contributed by atoms with E-state index in [9.17, 15) is 5.11 Å². The van der Waals surface area contributed by atoms with Crippen LogP contribution in [0.5, 0.6) is 5.75 Å². The molecular weight excluding hydrogens is 152 g/mol. The van der Waals surface area contributed by atoms with Gasteiger partial charge in [0.05, 0.1) is 11.4 Å². The van der Waals surface area contributed by atoms with Gasteiger partial charge in [0.15, 0.2) is 5.75 Å². The minimum absolute atomic E-state index is 0.269. The van der Waals surface area contributed by atoms with Gasteiger partial charge in [-0.25, -0.2) is 0 Å². The molecule has 0 bridgehead atoms. The highest BCUT2D eigenvalue weighted by molar-refractivity contribution is 5.71. The van der Waals surface area contributed by atoms with E-state index >= 15 is 0 Å². The summed E-state index contributed by atoms with van der Waals surface area (Å²) in [6.45, 7) is 1.99. The van der Waals surface area contributed by atoms with Crippen molar-refractivity contribution in [3.63, 3.8) is 0 Å². The normalized spacial score (nSPS) is 9.58. The fraction of sp³-hybridized carbons (Fsp3) is 0.333. The maximum Gasteiger partial charge on any atom is 0.162 e. The van der Waals surface area contributed by atoms with Crippen LogP contribution in [0.4, 0.5) is 11.4 Å². The summed E-state index contributed by atoms with van der Waals surface area (Å²) in [4.78, 5) is 0. The van der Waals surface area contributed by atoms with E-state index in [0.717, 1.165) is 16.9 Å². The van der Waals surface area contributed by atoms with E-state index in [-0.39, 0.29) is 5.75 Å². The first kappa shape index (κ1) is 8.71. The average Bonchev–Trinajstić information content (AvgIpc) is 2.08. The smallest absolute Gasteiger partial charge is 0.162 e. The lowest BCUT2D eigenvalue weighted by Crippen LogP contribution is -1.94. The lowest BCUT2D eigenvalue weighted by molar-refractivity contribution is 0.479. The van der Waals surface area contributed by atoms with Crippen molar-refractivity contribution in [1.82, 2.24) is 0 Å². The van der Waals surface area contributed by atoms with Crippen LogP contribution < -0.4 is 10.6 Å². The first-order valence-corrected chi connectivity index (χ1v) is 3.88. The zero-order chi connectivity index (χ0) is 9.14. The van der Waals surface area contributed by atoms with Crippen molar-refractivity contribution in [3.8, 4) is 5.75 Å². The summed E-state index contributed by atoms with van der Waals surface area (Å²) in [5, 5.41) is 15.4. The van der Waals surface area contributed by atoms with Crippen LogP contribution in [-0.2, 0) is 0 Å². The largest absolute Gasteiger partial charge is 0.504 e. The number of hydrogen-bond acceptors (Lipinski definition) is 3. The van der Waals surface area contributed by atoms with Crippen LogP contribution in [0.1, 0.15) is 5.56 Å². The lowest BCUT2D eigenvalue weighted by Gasteiger charge is -2.10. The molecule has 0 aromatic heterocycles. The predicted octanol–water partition coefficient (Wildman–Crippen LogP) is 1.78. The molecule has 0 spiro atoms.